The average molecular weight is 305 g/mol. The number of nitriles is 1. The highest BCUT2D eigenvalue weighted by Gasteiger charge is 2.31. The molecule has 0 bridgehead atoms. The van der Waals surface area contributed by atoms with Gasteiger partial charge in [0.25, 0.3) is 5.56 Å². The van der Waals surface area contributed by atoms with E-state index in [1.54, 1.807) is 17.8 Å². The number of rotatable bonds is 5. The SMILES string of the molecule is CCCc1cc(=O)[nH]c(SC2CC(CC)CCC2C#N)n1. The molecule has 0 aromatic carbocycles. The van der Waals surface area contributed by atoms with E-state index < -0.39 is 0 Å². The van der Waals surface area contributed by atoms with Crippen molar-refractivity contribution in [2.75, 3.05) is 0 Å². The molecule has 1 aliphatic rings. The highest BCUT2D eigenvalue weighted by Crippen LogP contribution is 2.39. The van der Waals surface area contributed by atoms with Crippen molar-refractivity contribution >= 4 is 11.8 Å². The van der Waals surface area contributed by atoms with E-state index in [2.05, 4.69) is 29.9 Å². The van der Waals surface area contributed by atoms with E-state index in [-0.39, 0.29) is 16.7 Å². The van der Waals surface area contributed by atoms with Crippen molar-refractivity contribution in [3.8, 4) is 6.07 Å². The molecule has 1 aromatic rings. The number of aromatic amines is 1. The zero-order valence-corrected chi connectivity index (χ0v) is 13.6. The van der Waals surface area contributed by atoms with Crippen LogP contribution >= 0.6 is 11.8 Å². The first kappa shape index (κ1) is 16.1. The van der Waals surface area contributed by atoms with Crippen LogP contribution in [0.5, 0.6) is 0 Å². The summed E-state index contributed by atoms with van der Waals surface area (Å²) in [5.41, 5.74) is 0.757. The molecule has 1 saturated carbocycles. The summed E-state index contributed by atoms with van der Waals surface area (Å²) >= 11 is 1.58. The lowest BCUT2D eigenvalue weighted by molar-refractivity contribution is 0.317. The third kappa shape index (κ3) is 4.34. The number of aryl methyl sites for hydroxylation is 1. The van der Waals surface area contributed by atoms with Crippen LogP contribution in [0.15, 0.2) is 16.0 Å². The molecule has 0 spiro atoms. The van der Waals surface area contributed by atoms with Crippen LogP contribution in [0.3, 0.4) is 0 Å². The summed E-state index contributed by atoms with van der Waals surface area (Å²) in [6.07, 6.45) is 6.11. The fourth-order valence-electron chi connectivity index (χ4n) is 2.93. The molecule has 114 valence electrons. The number of H-pyrrole nitrogens is 1. The van der Waals surface area contributed by atoms with Crippen LogP contribution in [-0.4, -0.2) is 15.2 Å². The molecule has 0 aliphatic heterocycles. The quantitative estimate of drug-likeness (QED) is 0.845. The summed E-state index contributed by atoms with van der Waals surface area (Å²) in [7, 11) is 0. The minimum atomic E-state index is -0.0905. The Hall–Kier alpha value is -1.28. The van der Waals surface area contributed by atoms with Crippen molar-refractivity contribution < 1.29 is 0 Å². The fourth-order valence-corrected chi connectivity index (χ4v) is 4.27. The van der Waals surface area contributed by atoms with Gasteiger partial charge in [0.05, 0.1) is 12.0 Å². The van der Waals surface area contributed by atoms with Crippen molar-refractivity contribution in [1.29, 1.82) is 5.26 Å². The molecular weight excluding hydrogens is 282 g/mol. The van der Waals surface area contributed by atoms with Gasteiger partial charge in [0.1, 0.15) is 0 Å². The molecule has 1 aromatic heterocycles. The van der Waals surface area contributed by atoms with Gasteiger partial charge in [-0.25, -0.2) is 4.98 Å². The number of thioether (sulfide) groups is 1. The van der Waals surface area contributed by atoms with Gasteiger partial charge in [-0.05, 0) is 31.6 Å². The first-order chi connectivity index (χ1) is 10.2. The zero-order chi connectivity index (χ0) is 15.2. The monoisotopic (exact) mass is 305 g/mol. The lowest BCUT2D eigenvalue weighted by Gasteiger charge is -2.31. The van der Waals surface area contributed by atoms with Gasteiger partial charge >= 0.3 is 0 Å². The molecule has 4 nitrogen and oxygen atoms in total. The minimum absolute atomic E-state index is 0.0675. The van der Waals surface area contributed by atoms with Crippen molar-refractivity contribution in [1.82, 2.24) is 9.97 Å². The van der Waals surface area contributed by atoms with Crippen LogP contribution in [0, 0.1) is 23.2 Å². The lowest BCUT2D eigenvalue weighted by atomic mass is 9.81. The second-order valence-electron chi connectivity index (χ2n) is 5.77. The number of hydrogen-bond acceptors (Lipinski definition) is 4. The van der Waals surface area contributed by atoms with Crippen molar-refractivity contribution in [2.45, 2.75) is 62.8 Å². The maximum Gasteiger partial charge on any atom is 0.251 e. The summed E-state index contributed by atoms with van der Waals surface area (Å²) in [4.78, 5) is 19.1. The Labute approximate surface area is 130 Å². The van der Waals surface area contributed by atoms with Gasteiger partial charge < -0.3 is 4.98 Å². The Balaban J connectivity index is 2.15. The predicted octanol–water partition coefficient (Wildman–Crippen LogP) is 3.53. The van der Waals surface area contributed by atoms with Gasteiger partial charge in [0.15, 0.2) is 5.16 Å². The van der Waals surface area contributed by atoms with E-state index in [1.165, 1.54) is 0 Å². The standard InChI is InChI=1S/C16H23N3OS/c1-3-5-13-9-15(20)19-16(18-13)21-14-8-11(4-2)6-7-12(14)10-17/h9,11-12,14H,3-8H2,1-2H3,(H,18,19,20). The summed E-state index contributed by atoms with van der Waals surface area (Å²) < 4.78 is 0. The molecular formula is C16H23N3OS. The molecule has 0 radical (unpaired) electrons. The largest absolute Gasteiger partial charge is 0.301 e. The smallest absolute Gasteiger partial charge is 0.251 e. The third-order valence-corrected chi connectivity index (χ3v) is 5.43. The van der Waals surface area contributed by atoms with Gasteiger partial charge in [-0.2, -0.15) is 5.26 Å². The summed E-state index contributed by atoms with van der Waals surface area (Å²) in [5, 5.41) is 10.3. The van der Waals surface area contributed by atoms with Crippen LogP contribution in [0.4, 0.5) is 0 Å². The highest BCUT2D eigenvalue weighted by atomic mass is 32.2. The van der Waals surface area contributed by atoms with Crippen LogP contribution in [0.1, 0.15) is 51.6 Å². The summed E-state index contributed by atoms with van der Waals surface area (Å²) in [5.74, 6) is 0.760. The van der Waals surface area contributed by atoms with Gasteiger partial charge in [0, 0.05) is 17.0 Å². The van der Waals surface area contributed by atoms with Crippen LogP contribution in [0.2, 0.25) is 0 Å². The Morgan fingerprint density at radius 1 is 1.48 bits per heavy atom. The number of aromatic nitrogens is 2. The lowest BCUT2D eigenvalue weighted by Crippen LogP contribution is -2.26. The predicted molar refractivity (Wildman–Crippen MR) is 85.2 cm³/mol. The van der Waals surface area contributed by atoms with Crippen molar-refractivity contribution in [3.05, 3.63) is 22.1 Å². The topological polar surface area (TPSA) is 69.5 Å². The Morgan fingerprint density at radius 3 is 2.95 bits per heavy atom. The summed E-state index contributed by atoms with van der Waals surface area (Å²) in [6.45, 7) is 4.29. The van der Waals surface area contributed by atoms with E-state index in [0.717, 1.165) is 44.2 Å². The van der Waals surface area contributed by atoms with Crippen LogP contribution in [0.25, 0.3) is 0 Å². The molecule has 1 N–H and O–H groups in total. The summed E-state index contributed by atoms with van der Waals surface area (Å²) in [6, 6.07) is 4.01. The van der Waals surface area contributed by atoms with Gasteiger partial charge in [-0.3, -0.25) is 4.79 Å². The van der Waals surface area contributed by atoms with Crippen LogP contribution < -0.4 is 5.56 Å². The minimum Gasteiger partial charge on any atom is -0.301 e. The molecule has 0 amide bonds. The highest BCUT2D eigenvalue weighted by molar-refractivity contribution is 7.99. The van der Waals surface area contributed by atoms with E-state index in [9.17, 15) is 10.1 Å². The molecule has 21 heavy (non-hydrogen) atoms. The Kier molecular flexibility index (Phi) is 5.86. The molecule has 5 heteroatoms. The fraction of sp³-hybridized carbons (Fsp3) is 0.688. The first-order valence-electron chi connectivity index (χ1n) is 7.82. The van der Waals surface area contributed by atoms with Gasteiger partial charge in [-0.1, -0.05) is 38.5 Å². The average Bonchev–Trinajstić information content (AvgIpc) is 2.47. The number of nitrogens with one attached hydrogen (secondary N) is 1. The van der Waals surface area contributed by atoms with Gasteiger partial charge in [-0.15, -0.1) is 0 Å². The number of hydrogen-bond donors (Lipinski definition) is 1. The van der Waals surface area contributed by atoms with Crippen molar-refractivity contribution in [3.63, 3.8) is 0 Å². The van der Waals surface area contributed by atoms with E-state index in [4.69, 9.17) is 0 Å². The molecule has 2 rings (SSSR count). The molecule has 1 fully saturated rings. The van der Waals surface area contributed by atoms with E-state index in [1.807, 2.05) is 0 Å². The first-order valence-corrected chi connectivity index (χ1v) is 8.70. The normalized spacial score (nSPS) is 25.5. The zero-order valence-electron chi connectivity index (χ0n) is 12.8. The van der Waals surface area contributed by atoms with E-state index >= 15 is 0 Å². The molecule has 1 heterocycles. The molecule has 3 atom stereocenters. The second-order valence-corrected chi connectivity index (χ2v) is 7.00. The Morgan fingerprint density at radius 2 is 2.29 bits per heavy atom. The van der Waals surface area contributed by atoms with E-state index in [0.29, 0.717) is 11.1 Å². The maximum atomic E-state index is 11.7. The molecule has 0 saturated heterocycles. The molecule has 3 unspecified atom stereocenters. The third-order valence-electron chi connectivity index (χ3n) is 4.19. The maximum absolute atomic E-state index is 11.7. The van der Waals surface area contributed by atoms with Crippen molar-refractivity contribution in [2.24, 2.45) is 11.8 Å². The number of nitrogens with zero attached hydrogens (tertiary/aromatic N) is 2. The van der Waals surface area contributed by atoms with Gasteiger partial charge in [0.2, 0.25) is 0 Å². The second kappa shape index (κ2) is 7.65. The Bertz CT molecular complexity index is 563. The van der Waals surface area contributed by atoms with Crippen LogP contribution in [-0.2, 0) is 6.42 Å². The molecule has 1 aliphatic carbocycles.